The molecule has 2 aromatic carbocycles. The van der Waals surface area contributed by atoms with Crippen molar-refractivity contribution in [2.24, 2.45) is 0 Å². The number of rotatable bonds is 6. The highest BCUT2D eigenvalue weighted by atomic mass is 19.1. The highest BCUT2D eigenvalue weighted by molar-refractivity contribution is 6.04. The van der Waals surface area contributed by atoms with Gasteiger partial charge in [0.05, 0.1) is 37.0 Å². The van der Waals surface area contributed by atoms with Crippen molar-refractivity contribution < 1.29 is 19.0 Å². The molecule has 0 saturated carbocycles. The highest BCUT2D eigenvalue weighted by Gasteiger charge is 2.29. The summed E-state index contributed by atoms with van der Waals surface area (Å²) in [7, 11) is 1.56. The van der Waals surface area contributed by atoms with Crippen molar-refractivity contribution in [3.63, 3.8) is 0 Å². The lowest BCUT2D eigenvalue weighted by Gasteiger charge is -2.38. The Labute approximate surface area is 186 Å². The van der Waals surface area contributed by atoms with Gasteiger partial charge in [-0.1, -0.05) is 12.1 Å². The number of ketones is 1. The largest absolute Gasteiger partial charge is 0.495 e. The van der Waals surface area contributed by atoms with Crippen LogP contribution >= 0.6 is 0 Å². The average Bonchev–Trinajstić information content (AvgIpc) is 3.24. The molecule has 2 unspecified atom stereocenters. The smallest absolute Gasteiger partial charge is 0.187 e. The number of aromatic nitrogens is 2. The Hall–Kier alpha value is -3.45. The fourth-order valence-corrected chi connectivity index (χ4v) is 4.10. The van der Waals surface area contributed by atoms with E-state index in [1.54, 1.807) is 43.9 Å². The van der Waals surface area contributed by atoms with Crippen molar-refractivity contribution in [1.29, 1.82) is 0 Å². The number of hydrogen-bond acceptors (Lipinski definition) is 5. The van der Waals surface area contributed by atoms with Crippen molar-refractivity contribution in [2.75, 3.05) is 13.7 Å². The minimum Gasteiger partial charge on any atom is -0.495 e. The van der Waals surface area contributed by atoms with Crippen LogP contribution < -0.4 is 4.74 Å². The zero-order chi connectivity index (χ0) is 22.7. The predicted octanol–water partition coefficient (Wildman–Crippen LogP) is 4.22. The molecule has 0 bridgehead atoms. The number of benzene rings is 2. The Morgan fingerprint density at radius 3 is 2.72 bits per heavy atom. The Morgan fingerprint density at radius 1 is 1.25 bits per heavy atom. The Balaban J connectivity index is 1.55. The van der Waals surface area contributed by atoms with Gasteiger partial charge in [-0.3, -0.25) is 4.79 Å². The van der Waals surface area contributed by atoms with Crippen molar-refractivity contribution >= 4 is 5.78 Å². The van der Waals surface area contributed by atoms with Gasteiger partial charge in [-0.2, -0.15) is 0 Å². The molecule has 0 spiro atoms. The standard InChI is InChI=1S/C25H26FN3O3/c1-17-15-29(16-27-17)21-10-7-19(14-24(21)32-2)22(30)11-13-28-12-3-4-23(31)25(28)18-5-8-20(26)9-6-18/h5-11,13-16,23,25,31H,3-4,12H2,1-2H3/b13-11+. The van der Waals surface area contributed by atoms with Crippen LogP contribution in [-0.2, 0) is 0 Å². The van der Waals surface area contributed by atoms with Gasteiger partial charge in [0.2, 0.25) is 0 Å². The van der Waals surface area contributed by atoms with Crippen LogP contribution in [0.15, 0.2) is 67.3 Å². The molecule has 7 heteroatoms. The topological polar surface area (TPSA) is 67.6 Å². The second-order valence-electron chi connectivity index (χ2n) is 7.93. The third-order valence-corrected chi connectivity index (χ3v) is 5.72. The van der Waals surface area contributed by atoms with Gasteiger partial charge in [-0.25, -0.2) is 9.37 Å². The zero-order valence-corrected chi connectivity index (χ0v) is 18.1. The van der Waals surface area contributed by atoms with E-state index in [1.807, 2.05) is 28.7 Å². The van der Waals surface area contributed by atoms with Gasteiger partial charge in [0.1, 0.15) is 11.6 Å². The van der Waals surface area contributed by atoms with Crippen molar-refractivity contribution in [3.05, 3.63) is 89.9 Å². The van der Waals surface area contributed by atoms with E-state index in [-0.39, 0.29) is 17.6 Å². The van der Waals surface area contributed by atoms with Crippen LogP contribution in [0.1, 0.15) is 40.5 Å². The number of ether oxygens (including phenoxy) is 1. The monoisotopic (exact) mass is 435 g/mol. The molecule has 2 heterocycles. The quantitative estimate of drug-likeness (QED) is 0.464. The van der Waals surface area contributed by atoms with Gasteiger partial charge in [0.15, 0.2) is 5.78 Å². The summed E-state index contributed by atoms with van der Waals surface area (Å²) in [4.78, 5) is 19.1. The number of allylic oxidation sites excluding steroid dienone is 1. The summed E-state index contributed by atoms with van der Waals surface area (Å²) in [5, 5.41) is 10.6. The van der Waals surface area contributed by atoms with E-state index in [0.29, 0.717) is 24.3 Å². The van der Waals surface area contributed by atoms with Crippen molar-refractivity contribution in [3.8, 4) is 11.4 Å². The molecule has 1 aliphatic heterocycles. The van der Waals surface area contributed by atoms with Gasteiger partial charge in [0, 0.05) is 30.6 Å². The fourth-order valence-electron chi connectivity index (χ4n) is 4.10. The lowest BCUT2D eigenvalue weighted by Crippen LogP contribution is -2.38. The number of halogens is 1. The molecule has 0 radical (unpaired) electrons. The number of aliphatic hydroxyl groups excluding tert-OH is 1. The maximum atomic E-state index is 13.3. The maximum absolute atomic E-state index is 13.3. The lowest BCUT2D eigenvalue weighted by atomic mass is 9.93. The summed E-state index contributed by atoms with van der Waals surface area (Å²) in [6.07, 6.45) is 7.69. The number of carbonyl (C=O) groups is 1. The molecule has 2 atom stereocenters. The molecule has 1 aliphatic rings. The minimum absolute atomic E-state index is 0.172. The summed E-state index contributed by atoms with van der Waals surface area (Å²) in [5.74, 6) is 0.0772. The highest BCUT2D eigenvalue weighted by Crippen LogP contribution is 2.32. The van der Waals surface area contributed by atoms with Crippen LogP contribution in [0.4, 0.5) is 4.39 Å². The first-order valence-corrected chi connectivity index (χ1v) is 10.6. The molecule has 0 amide bonds. The molecule has 32 heavy (non-hydrogen) atoms. The number of imidazole rings is 1. The zero-order valence-electron chi connectivity index (χ0n) is 18.1. The van der Waals surface area contributed by atoms with Gasteiger partial charge in [0.25, 0.3) is 0 Å². The second kappa shape index (κ2) is 9.36. The molecule has 3 aromatic rings. The fraction of sp³-hybridized carbons (Fsp3) is 0.280. The SMILES string of the molecule is COc1cc(C(=O)/C=C/N2CCCC(O)C2c2ccc(F)cc2)ccc1-n1cnc(C)c1. The number of carbonyl (C=O) groups excluding carboxylic acids is 1. The molecular weight excluding hydrogens is 409 g/mol. The molecule has 1 N–H and O–H groups in total. The van der Waals surface area contributed by atoms with Crippen LogP contribution in [0, 0.1) is 12.7 Å². The third kappa shape index (κ3) is 4.57. The number of piperidine rings is 1. The Bertz CT molecular complexity index is 1120. The molecule has 4 rings (SSSR count). The molecule has 1 fully saturated rings. The Morgan fingerprint density at radius 2 is 2.03 bits per heavy atom. The predicted molar refractivity (Wildman–Crippen MR) is 119 cm³/mol. The summed E-state index contributed by atoms with van der Waals surface area (Å²) >= 11 is 0. The van der Waals surface area contributed by atoms with E-state index in [2.05, 4.69) is 4.98 Å². The normalized spacial score (nSPS) is 18.8. The van der Waals surface area contributed by atoms with E-state index >= 15 is 0 Å². The average molecular weight is 435 g/mol. The van der Waals surface area contributed by atoms with Gasteiger partial charge in [-0.15, -0.1) is 0 Å². The first-order valence-electron chi connectivity index (χ1n) is 10.6. The number of likely N-dealkylation sites (tertiary alicyclic amines) is 1. The summed E-state index contributed by atoms with van der Waals surface area (Å²) in [6.45, 7) is 2.60. The van der Waals surface area contributed by atoms with Crippen molar-refractivity contribution in [2.45, 2.75) is 31.9 Å². The van der Waals surface area contributed by atoms with Crippen LogP contribution in [0.2, 0.25) is 0 Å². The number of methoxy groups -OCH3 is 1. The van der Waals surface area contributed by atoms with Crippen LogP contribution in [0.5, 0.6) is 5.75 Å². The van der Waals surface area contributed by atoms with E-state index in [1.165, 1.54) is 18.2 Å². The molecule has 1 saturated heterocycles. The first kappa shape index (κ1) is 21.8. The van der Waals surface area contributed by atoms with Gasteiger partial charge >= 0.3 is 0 Å². The van der Waals surface area contributed by atoms with E-state index in [9.17, 15) is 14.3 Å². The molecule has 166 valence electrons. The first-order chi connectivity index (χ1) is 15.5. The van der Waals surface area contributed by atoms with Crippen LogP contribution in [0.25, 0.3) is 5.69 Å². The second-order valence-corrected chi connectivity index (χ2v) is 7.93. The summed E-state index contributed by atoms with van der Waals surface area (Å²) < 4.78 is 20.7. The molecule has 0 aliphatic carbocycles. The minimum atomic E-state index is -0.591. The number of aliphatic hydroxyl groups is 1. The maximum Gasteiger partial charge on any atom is 0.187 e. The third-order valence-electron chi connectivity index (χ3n) is 5.72. The van der Waals surface area contributed by atoms with E-state index in [0.717, 1.165) is 23.4 Å². The number of aryl methyl sites for hydroxylation is 1. The molecule has 1 aromatic heterocycles. The van der Waals surface area contributed by atoms with E-state index < -0.39 is 6.10 Å². The lowest BCUT2D eigenvalue weighted by molar-refractivity contribution is 0.0349. The van der Waals surface area contributed by atoms with Crippen LogP contribution in [0.3, 0.4) is 0 Å². The molecular formula is C25H26FN3O3. The number of nitrogens with zero attached hydrogens (tertiary/aromatic N) is 3. The molecule has 6 nitrogen and oxygen atoms in total. The van der Waals surface area contributed by atoms with Crippen molar-refractivity contribution in [1.82, 2.24) is 14.5 Å². The summed E-state index contributed by atoms with van der Waals surface area (Å²) in [5.41, 5.74) is 2.99. The van der Waals surface area contributed by atoms with E-state index in [4.69, 9.17) is 4.74 Å². The number of hydrogen-bond donors (Lipinski definition) is 1. The Kier molecular flexibility index (Phi) is 6.37. The van der Waals surface area contributed by atoms with Gasteiger partial charge in [-0.05, 0) is 55.7 Å². The van der Waals surface area contributed by atoms with Gasteiger partial charge < -0.3 is 19.3 Å². The summed E-state index contributed by atoms with van der Waals surface area (Å²) in [6, 6.07) is 11.1. The van der Waals surface area contributed by atoms with Crippen LogP contribution in [-0.4, -0.2) is 45.1 Å².